The molecule has 2 aliphatic heterocycles. The summed E-state index contributed by atoms with van der Waals surface area (Å²) < 4.78 is 5.29. The molecule has 1 saturated heterocycles. The lowest BCUT2D eigenvalue weighted by Gasteiger charge is -2.27. The van der Waals surface area contributed by atoms with E-state index in [4.69, 9.17) is 4.74 Å². The molecule has 0 unspecified atom stereocenters. The van der Waals surface area contributed by atoms with Crippen molar-refractivity contribution in [3.8, 4) is 0 Å². The van der Waals surface area contributed by atoms with E-state index >= 15 is 0 Å². The lowest BCUT2D eigenvalue weighted by atomic mass is 10.4. The summed E-state index contributed by atoms with van der Waals surface area (Å²) in [6.07, 6.45) is 1.87. The quantitative estimate of drug-likeness (QED) is 0.640. The molecule has 2 heterocycles. The molecule has 0 aliphatic carbocycles. The van der Waals surface area contributed by atoms with E-state index < -0.39 is 0 Å². The molecule has 2 aliphatic rings. The lowest BCUT2D eigenvalue weighted by Crippen LogP contribution is -2.44. The number of hydrogen-bond donors (Lipinski definition) is 1. The lowest BCUT2D eigenvalue weighted by molar-refractivity contribution is 0.0370. The van der Waals surface area contributed by atoms with Gasteiger partial charge in [0.25, 0.3) is 0 Å². The number of rotatable bonds is 4. The standard InChI is InChI=1S/C9H18N4O/c1-4-13(9-10-1)11-2-3-12-5-7-14-8-6-12/h9,11H,1-8H2. The van der Waals surface area contributed by atoms with Crippen LogP contribution in [0, 0.1) is 0 Å². The van der Waals surface area contributed by atoms with Gasteiger partial charge in [0.2, 0.25) is 0 Å². The Bertz CT molecular complexity index is 191. The van der Waals surface area contributed by atoms with Gasteiger partial charge >= 0.3 is 0 Å². The van der Waals surface area contributed by atoms with Crippen molar-refractivity contribution in [2.24, 2.45) is 4.99 Å². The fourth-order valence-corrected chi connectivity index (χ4v) is 1.68. The van der Waals surface area contributed by atoms with Crippen molar-refractivity contribution >= 4 is 6.34 Å². The number of hydrogen-bond acceptors (Lipinski definition) is 5. The van der Waals surface area contributed by atoms with Crippen molar-refractivity contribution in [2.45, 2.75) is 0 Å². The molecule has 2 rings (SSSR count). The number of ether oxygens (including phenoxy) is 1. The summed E-state index contributed by atoms with van der Waals surface area (Å²) in [7, 11) is 0. The van der Waals surface area contributed by atoms with Gasteiger partial charge in [0, 0.05) is 26.2 Å². The zero-order chi connectivity index (χ0) is 9.64. The highest BCUT2D eigenvalue weighted by Crippen LogP contribution is 1.95. The van der Waals surface area contributed by atoms with Gasteiger partial charge < -0.3 is 4.74 Å². The number of aliphatic imine (C=N–C) groups is 1. The molecule has 5 nitrogen and oxygen atoms in total. The second-order valence-electron chi connectivity index (χ2n) is 3.58. The van der Waals surface area contributed by atoms with E-state index in [9.17, 15) is 0 Å². The van der Waals surface area contributed by atoms with Crippen LogP contribution in [0.15, 0.2) is 4.99 Å². The van der Waals surface area contributed by atoms with E-state index in [2.05, 4.69) is 20.3 Å². The van der Waals surface area contributed by atoms with Gasteiger partial charge in [-0.05, 0) is 0 Å². The molecular formula is C9H18N4O. The molecule has 0 spiro atoms. The highest BCUT2D eigenvalue weighted by atomic mass is 16.5. The molecule has 0 amide bonds. The summed E-state index contributed by atoms with van der Waals surface area (Å²) in [6.45, 7) is 7.90. The van der Waals surface area contributed by atoms with Crippen LogP contribution < -0.4 is 5.43 Å². The Hall–Kier alpha value is -0.650. The van der Waals surface area contributed by atoms with E-state index in [1.165, 1.54) is 0 Å². The first-order valence-corrected chi connectivity index (χ1v) is 5.25. The molecule has 5 heteroatoms. The summed E-state index contributed by atoms with van der Waals surface area (Å²) >= 11 is 0. The maximum absolute atomic E-state index is 5.29. The molecule has 80 valence electrons. The Balaban J connectivity index is 1.55. The van der Waals surface area contributed by atoms with Crippen molar-refractivity contribution in [1.82, 2.24) is 15.3 Å². The highest BCUT2D eigenvalue weighted by molar-refractivity contribution is 5.56. The van der Waals surface area contributed by atoms with Crippen molar-refractivity contribution in [3.05, 3.63) is 0 Å². The molecule has 1 fully saturated rings. The highest BCUT2D eigenvalue weighted by Gasteiger charge is 2.10. The minimum atomic E-state index is 0.880. The Morgan fingerprint density at radius 2 is 2.14 bits per heavy atom. The zero-order valence-corrected chi connectivity index (χ0v) is 8.48. The second kappa shape index (κ2) is 5.29. The van der Waals surface area contributed by atoms with Gasteiger partial charge in [-0.25, -0.2) is 5.43 Å². The maximum atomic E-state index is 5.29. The van der Waals surface area contributed by atoms with Crippen LogP contribution >= 0.6 is 0 Å². The van der Waals surface area contributed by atoms with Gasteiger partial charge in [-0.2, -0.15) is 0 Å². The molecule has 1 N–H and O–H groups in total. The van der Waals surface area contributed by atoms with Crippen LogP contribution in [0.25, 0.3) is 0 Å². The average Bonchev–Trinajstić information content (AvgIpc) is 2.72. The van der Waals surface area contributed by atoms with Crippen molar-refractivity contribution in [3.63, 3.8) is 0 Å². The molecule has 0 atom stereocenters. The van der Waals surface area contributed by atoms with Crippen LogP contribution in [-0.2, 0) is 4.74 Å². The summed E-state index contributed by atoms with van der Waals surface area (Å²) in [6, 6.07) is 0. The Labute approximate surface area is 84.7 Å². The summed E-state index contributed by atoms with van der Waals surface area (Å²) in [5, 5.41) is 2.06. The van der Waals surface area contributed by atoms with E-state index in [0.717, 1.165) is 52.5 Å². The minimum Gasteiger partial charge on any atom is -0.379 e. The third-order valence-corrected chi connectivity index (χ3v) is 2.54. The van der Waals surface area contributed by atoms with Gasteiger partial charge in [0.05, 0.1) is 32.6 Å². The van der Waals surface area contributed by atoms with Gasteiger partial charge in [0.15, 0.2) is 0 Å². The molecule has 0 radical (unpaired) electrons. The van der Waals surface area contributed by atoms with E-state index in [1.54, 1.807) is 0 Å². The minimum absolute atomic E-state index is 0.880. The fraction of sp³-hybridized carbons (Fsp3) is 0.889. The second-order valence-corrected chi connectivity index (χ2v) is 3.58. The van der Waals surface area contributed by atoms with Gasteiger partial charge in [-0.1, -0.05) is 0 Å². The zero-order valence-electron chi connectivity index (χ0n) is 8.48. The fourth-order valence-electron chi connectivity index (χ4n) is 1.68. The Morgan fingerprint density at radius 3 is 2.86 bits per heavy atom. The average molecular weight is 198 g/mol. The molecule has 0 aromatic carbocycles. The smallest absolute Gasteiger partial charge is 0.0993 e. The normalized spacial score (nSPS) is 23.3. The predicted octanol–water partition coefficient (Wildman–Crippen LogP) is -0.833. The number of hydrazine groups is 1. The summed E-state index contributed by atoms with van der Waals surface area (Å²) in [5.74, 6) is 0. The third kappa shape index (κ3) is 2.94. The topological polar surface area (TPSA) is 40.1 Å². The van der Waals surface area contributed by atoms with Gasteiger partial charge in [0.1, 0.15) is 0 Å². The molecule has 14 heavy (non-hydrogen) atoms. The largest absolute Gasteiger partial charge is 0.379 e. The van der Waals surface area contributed by atoms with Crippen LogP contribution in [0.4, 0.5) is 0 Å². The third-order valence-electron chi connectivity index (χ3n) is 2.54. The number of morpholine rings is 1. The summed E-state index contributed by atoms with van der Waals surface area (Å²) in [4.78, 5) is 6.56. The maximum Gasteiger partial charge on any atom is 0.0993 e. The van der Waals surface area contributed by atoms with Gasteiger partial charge in [-0.3, -0.25) is 14.9 Å². The molecule has 0 aromatic heterocycles. The predicted molar refractivity (Wildman–Crippen MR) is 55.3 cm³/mol. The van der Waals surface area contributed by atoms with Crippen LogP contribution in [0.2, 0.25) is 0 Å². The first-order valence-electron chi connectivity index (χ1n) is 5.25. The molecular weight excluding hydrogens is 180 g/mol. The van der Waals surface area contributed by atoms with Crippen molar-refractivity contribution in [1.29, 1.82) is 0 Å². The molecule has 0 saturated carbocycles. The van der Waals surface area contributed by atoms with Crippen LogP contribution in [-0.4, -0.2) is 68.7 Å². The van der Waals surface area contributed by atoms with E-state index in [0.29, 0.717) is 0 Å². The summed E-state index contributed by atoms with van der Waals surface area (Å²) in [5.41, 5.74) is 3.33. The molecule has 0 aromatic rings. The van der Waals surface area contributed by atoms with Crippen LogP contribution in [0.5, 0.6) is 0 Å². The van der Waals surface area contributed by atoms with Crippen LogP contribution in [0.3, 0.4) is 0 Å². The first-order chi connectivity index (χ1) is 6.95. The first kappa shape index (κ1) is 9.89. The van der Waals surface area contributed by atoms with Gasteiger partial charge in [-0.15, -0.1) is 0 Å². The van der Waals surface area contributed by atoms with Crippen molar-refractivity contribution in [2.75, 3.05) is 52.5 Å². The molecule has 0 bridgehead atoms. The monoisotopic (exact) mass is 198 g/mol. The SMILES string of the molecule is C1=NCCN1NCCN1CCOCC1. The van der Waals surface area contributed by atoms with Crippen molar-refractivity contribution < 1.29 is 4.74 Å². The van der Waals surface area contributed by atoms with Crippen LogP contribution in [0.1, 0.15) is 0 Å². The Kier molecular flexibility index (Phi) is 3.73. The van der Waals surface area contributed by atoms with E-state index in [1.807, 2.05) is 6.34 Å². The van der Waals surface area contributed by atoms with E-state index in [-0.39, 0.29) is 0 Å². The Morgan fingerprint density at radius 1 is 1.29 bits per heavy atom. The number of nitrogens with one attached hydrogen (secondary N) is 1. The number of nitrogens with zero attached hydrogens (tertiary/aromatic N) is 3.